The Hall–Kier alpha value is -0.530. The molecule has 1 N–H and O–H groups in total. The average Bonchev–Trinajstić information content (AvgIpc) is 2.21. The molecule has 1 aromatic carbocycles. The molecule has 0 unspecified atom stereocenters. The molecule has 0 aromatic heterocycles. The van der Waals surface area contributed by atoms with E-state index in [9.17, 15) is 0 Å². The molecule has 0 saturated carbocycles. The summed E-state index contributed by atoms with van der Waals surface area (Å²) in [6.07, 6.45) is 5.00. The van der Waals surface area contributed by atoms with Gasteiger partial charge in [-0.05, 0) is 50.6 Å². The molecule has 0 aliphatic rings. The van der Waals surface area contributed by atoms with E-state index in [-0.39, 0.29) is 0 Å². The summed E-state index contributed by atoms with van der Waals surface area (Å²) in [5, 5.41) is 3.98. The van der Waals surface area contributed by atoms with Crippen molar-refractivity contribution in [1.29, 1.82) is 0 Å². The topological polar surface area (TPSA) is 12.0 Å². The molecule has 0 saturated heterocycles. The van der Waals surface area contributed by atoms with Crippen molar-refractivity contribution in [3.05, 3.63) is 34.9 Å². The molecule has 0 aliphatic heterocycles. The Morgan fingerprint density at radius 1 is 1.07 bits per heavy atom. The van der Waals surface area contributed by atoms with Gasteiger partial charge in [0, 0.05) is 5.02 Å². The highest BCUT2D eigenvalue weighted by molar-refractivity contribution is 6.30. The van der Waals surface area contributed by atoms with Gasteiger partial charge in [0.15, 0.2) is 0 Å². The van der Waals surface area contributed by atoms with Crippen molar-refractivity contribution in [3.8, 4) is 0 Å². The molecule has 0 bridgehead atoms. The number of rotatable bonds is 6. The third-order valence-electron chi connectivity index (χ3n) is 2.31. The number of halogens is 1. The van der Waals surface area contributed by atoms with Gasteiger partial charge < -0.3 is 5.32 Å². The maximum atomic E-state index is 5.81. The first-order chi connectivity index (χ1) is 6.83. The number of aryl methyl sites for hydroxylation is 1. The standard InChI is InChI=1S/C12H18ClN/c1-14-10-4-2-3-5-11-6-8-12(13)9-7-11/h6-9,14H,2-5,10H2,1H3. The van der Waals surface area contributed by atoms with E-state index in [4.69, 9.17) is 11.6 Å². The highest BCUT2D eigenvalue weighted by atomic mass is 35.5. The second-order valence-corrected chi connectivity index (χ2v) is 3.98. The van der Waals surface area contributed by atoms with Crippen LogP contribution in [0.3, 0.4) is 0 Å². The molecule has 1 aromatic rings. The minimum atomic E-state index is 0.823. The molecule has 2 heteroatoms. The minimum absolute atomic E-state index is 0.823. The highest BCUT2D eigenvalue weighted by Crippen LogP contribution is 2.11. The maximum Gasteiger partial charge on any atom is 0.0406 e. The van der Waals surface area contributed by atoms with Crippen molar-refractivity contribution in [2.45, 2.75) is 25.7 Å². The highest BCUT2D eigenvalue weighted by Gasteiger charge is 1.93. The van der Waals surface area contributed by atoms with Crippen molar-refractivity contribution in [1.82, 2.24) is 5.32 Å². The van der Waals surface area contributed by atoms with Crippen LogP contribution >= 0.6 is 11.6 Å². The Labute approximate surface area is 91.5 Å². The van der Waals surface area contributed by atoms with Crippen LogP contribution in [0.15, 0.2) is 24.3 Å². The van der Waals surface area contributed by atoms with Crippen molar-refractivity contribution in [2.24, 2.45) is 0 Å². The van der Waals surface area contributed by atoms with Crippen molar-refractivity contribution < 1.29 is 0 Å². The van der Waals surface area contributed by atoms with Gasteiger partial charge in [0.05, 0.1) is 0 Å². The van der Waals surface area contributed by atoms with Crippen LogP contribution in [-0.2, 0) is 6.42 Å². The van der Waals surface area contributed by atoms with Crippen LogP contribution in [0.4, 0.5) is 0 Å². The molecule has 1 nitrogen and oxygen atoms in total. The van der Waals surface area contributed by atoms with Gasteiger partial charge in [-0.2, -0.15) is 0 Å². The van der Waals surface area contributed by atoms with Crippen LogP contribution in [-0.4, -0.2) is 13.6 Å². The molecular weight excluding hydrogens is 194 g/mol. The second-order valence-electron chi connectivity index (χ2n) is 3.54. The first-order valence-corrected chi connectivity index (χ1v) is 5.60. The second kappa shape index (κ2) is 6.86. The molecule has 14 heavy (non-hydrogen) atoms. The summed E-state index contributed by atoms with van der Waals surface area (Å²) >= 11 is 5.81. The van der Waals surface area contributed by atoms with Gasteiger partial charge in [0.2, 0.25) is 0 Å². The zero-order valence-corrected chi connectivity index (χ0v) is 9.48. The van der Waals surface area contributed by atoms with E-state index in [1.54, 1.807) is 0 Å². The summed E-state index contributed by atoms with van der Waals surface area (Å²) < 4.78 is 0. The number of nitrogens with one attached hydrogen (secondary N) is 1. The zero-order chi connectivity index (χ0) is 10.2. The van der Waals surface area contributed by atoms with E-state index < -0.39 is 0 Å². The quantitative estimate of drug-likeness (QED) is 0.713. The summed E-state index contributed by atoms with van der Waals surface area (Å²) in [7, 11) is 2.00. The lowest BCUT2D eigenvalue weighted by Crippen LogP contribution is -2.07. The van der Waals surface area contributed by atoms with Crippen LogP contribution in [0.5, 0.6) is 0 Å². The predicted octanol–water partition coefficient (Wildman–Crippen LogP) is 3.27. The number of hydrogen-bond donors (Lipinski definition) is 1. The summed E-state index contributed by atoms with van der Waals surface area (Å²) in [4.78, 5) is 0. The fourth-order valence-electron chi connectivity index (χ4n) is 1.46. The molecule has 0 atom stereocenters. The Morgan fingerprint density at radius 3 is 2.43 bits per heavy atom. The normalized spacial score (nSPS) is 10.4. The molecule has 1 rings (SSSR count). The lowest BCUT2D eigenvalue weighted by molar-refractivity contribution is 0.642. The van der Waals surface area contributed by atoms with E-state index in [2.05, 4.69) is 17.4 Å². The average molecular weight is 212 g/mol. The molecule has 78 valence electrons. The molecule has 0 heterocycles. The maximum absolute atomic E-state index is 5.81. The predicted molar refractivity (Wildman–Crippen MR) is 62.9 cm³/mol. The van der Waals surface area contributed by atoms with E-state index in [1.165, 1.54) is 31.2 Å². The van der Waals surface area contributed by atoms with Gasteiger partial charge in [-0.25, -0.2) is 0 Å². The molecule has 0 fully saturated rings. The first kappa shape index (κ1) is 11.5. The monoisotopic (exact) mass is 211 g/mol. The van der Waals surface area contributed by atoms with Crippen molar-refractivity contribution >= 4 is 11.6 Å². The van der Waals surface area contributed by atoms with E-state index >= 15 is 0 Å². The van der Waals surface area contributed by atoms with E-state index in [0.29, 0.717) is 0 Å². The molecule has 0 radical (unpaired) electrons. The van der Waals surface area contributed by atoms with Crippen LogP contribution in [0.2, 0.25) is 5.02 Å². The summed E-state index contributed by atoms with van der Waals surface area (Å²) in [5.74, 6) is 0. The number of unbranched alkanes of at least 4 members (excludes halogenated alkanes) is 2. The first-order valence-electron chi connectivity index (χ1n) is 5.22. The third kappa shape index (κ3) is 4.64. The summed E-state index contributed by atoms with van der Waals surface area (Å²) in [6.45, 7) is 1.13. The van der Waals surface area contributed by atoms with Gasteiger partial charge in [-0.3, -0.25) is 0 Å². The zero-order valence-electron chi connectivity index (χ0n) is 8.72. The summed E-state index contributed by atoms with van der Waals surface area (Å²) in [5.41, 5.74) is 1.39. The number of benzene rings is 1. The van der Waals surface area contributed by atoms with Crippen LogP contribution in [0, 0.1) is 0 Å². The van der Waals surface area contributed by atoms with Gasteiger partial charge in [0.25, 0.3) is 0 Å². The van der Waals surface area contributed by atoms with E-state index in [1.807, 2.05) is 19.2 Å². The molecule has 0 spiro atoms. The summed E-state index contributed by atoms with van der Waals surface area (Å²) in [6, 6.07) is 8.15. The molecular formula is C12H18ClN. The van der Waals surface area contributed by atoms with Crippen molar-refractivity contribution in [3.63, 3.8) is 0 Å². The van der Waals surface area contributed by atoms with Gasteiger partial charge >= 0.3 is 0 Å². The van der Waals surface area contributed by atoms with Gasteiger partial charge in [-0.15, -0.1) is 0 Å². The Kier molecular flexibility index (Phi) is 5.65. The van der Waals surface area contributed by atoms with Gasteiger partial charge in [0.1, 0.15) is 0 Å². The molecule has 0 amide bonds. The Bertz CT molecular complexity index is 243. The Morgan fingerprint density at radius 2 is 1.79 bits per heavy atom. The van der Waals surface area contributed by atoms with Gasteiger partial charge in [-0.1, -0.05) is 30.2 Å². The van der Waals surface area contributed by atoms with Crippen LogP contribution in [0.25, 0.3) is 0 Å². The third-order valence-corrected chi connectivity index (χ3v) is 2.56. The minimum Gasteiger partial charge on any atom is -0.320 e. The fraction of sp³-hybridized carbons (Fsp3) is 0.500. The lowest BCUT2D eigenvalue weighted by atomic mass is 10.1. The smallest absolute Gasteiger partial charge is 0.0406 e. The van der Waals surface area contributed by atoms with Crippen LogP contribution in [0.1, 0.15) is 24.8 Å². The Balaban J connectivity index is 2.15. The number of hydrogen-bond acceptors (Lipinski definition) is 1. The largest absolute Gasteiger partial charge is 0.320 e. The van der Waals surface area contributed by atoms with Crippen molar-refractivity contribution in [2.75, 3.05) is 13.6 Å². The fourth-order valence-corrected chi connectivity index (χ4v) is 1.58. The molecule has 0 aliphatic carbocycles. The van der Waals surface area contributed by atoms with E-state index in [0.717, 1.165) is 11.6 Å². The van der Waals surface area contributed by atoms with Crippen LogP contribution < -0.4 is 5.32 Å². The lowest BCUT2D eigenvalue weighted by Gasteiger charge is -2.01. The SMILES string of the molecule is CNCCCCCc1ccc(Cl)cc1.